The Morgan fingerprint density at radius 3 is 2.71 bits per heavy atom. The van der Waals surface area contributed by atoms with Crippen molar-refractivity contribution in [1.82, 2.24) is 0 Å². The fourth-order valence-electron chi connectivity index (χ4n) is 1.51. The zero-order valence-electron chi connectivity index (χ0n) is 7.48. The first-order chi connectivity index (χ1) is 6.56. The Hall–Kier alpha value is -0.810. The van der Waals surface area contributed by atoms with Crippen LogP contribution in [-0.2, 0) is 15.3 Å². The van der Waals surface area contributed by atoms with Crippen LogP contribution >= 0.6 is 10.8 Å². The van der Waals surface area contributed by atoms with Gasteiger partial charge in [0.1, 0.15) is 0 Å². The number of hydrogen-bond donors (Lipinski definition) is 0. The Morgan fingerprint density at radius 2 is 2.07 bits per heavy atom. The number of fused-ring (bicyclic) bond motifs is 1. The van der Waals surface area contributed by atoms with Gasteiger partial charge >= 0.3 is 0 Å². The van der Waals surface area contributed by atoms with E-state index in [2.05, 4.69) is 0 Å². The summed E-state index contributed by atoms with van der Waals surface area (Å²) < 4.78 is 23.2. The predicted molar refractivity (Wildman–Crippen MR) is 54.9 cm³/mol. The van der Waals surface area contributed by atoms with Gasteiger partial charge in [-0.25, -0.2) is 8.42 Å². The molecule has 1 aliphatic heterocycles. The van der Waals surface area contributed by atoms with Crippen molar-refractivity contribution in [3.63, 3.8) is 0 Å². The topological polar surface area (TPSA) is 51.2 Å². The van der Waals surface area contributed by atoms with E-state index < -0.39 is 8.87 Å². The number of hydrogen-bond acceptors (Lipinski definition) is 4. The van der Waals surface area contributed by atoms with Crippen LogP contribution in [0.3, 0.4) is 0 Å². The molecule has 0 unspecified atom stereocenters. The molecule has 74 valence electrons. The molecule has 0 spiro atoms. The summed E-state index contributed by atoms with van der Waals surface area (Å²) in [6, 6.07) is 5.03. The number of aryl methyl sites for hydroxylation is 1. The van der Waals surface area contributed by atoms with Gasteiger partial charge in [0.25, 0.3) is 0 Å². The maximum absolute atomic E-state index is 11.6. The van der Waals surface area contributed by atoms with Crippen molar-refractivity contribution >= 4 is 24.8 Å². The molecule has 0 fully saturated rings. The summed E-state index contributed by atoms with van der Waals surface area (Å²) in [6.07, 6.45) is 0.621. The fraction of sp³-hybridized carbons (Fsp3) is 0.222. The van der Waals surface area contributed by atoms with Crippen LogP contribution in [0.15, 0.2) is 23.1 Å². The standard InChI is InChI=1S/C9H8O3S2/c1-2-6-4-3-5-7-8(6)14(11,12)13-9(7)10/h3-5H,2H2,1H3. The molecule has 0 amide bonds. The predicted octanol–water partition coefficient (Wildman–Crippen LogP) is 1.82. The molecule has 0 N–H and O–H groups in total. The maximum atomic E-state index is 11.6. The first kappa shape index (κ1) is 9.73. The number of carbonyl (C=O) groups is 1. The molecule has 0 saturated carbocycles. The van der Waals surface area contributed by atoms with Crippen LogP contribution in [-0.4, -0.2) is 13.5 Å². The molecule has 1 aliphatic rings. The normalized spacial score (nSPS) is 18.2. The molecule has 3 nitrogen and oxygen atoms in total. The van der Waals surface area contributed by atoms with Crippen molar-refractivity contribution < 1.29 is 13.2 Å². The minimum atomic E-state index is -3.43. The third-order valence-electron chi connectivity index (χ3n) is 2.13. The molecule has 1 aromatic rings. The molecule has 2 rings (SSSR count). The molecule has 0 aliphatic carbocycles. The number of carbonyl (C=O) groups excluding carboxylic acids is 1. The van der Waals surface area contributed by atoms with E-state index in [0.717, 1.165) is 5.56 Å². The largest absolute Gasteiger partial charge is 0.280 e. The summed E-state index contributed by atoms with van der Waals surface area (Å²) in [5.41, 5.74) is 1.05. The fourth-order valence-corrected chi connectivity index (χ4v) is 4.78. The maximum Gasteiger partial charge on any atom is 0.238 e. The second kappa shape index (κ2) is 3.10. The summed E-state index contributed by atoms with van der Waals surface area (Å²) in [6.45, 7) is 1.87. The average molecular weight is 228 g/mol. The molecule has 0 aromatic heterocycles. The second-order valence-electron chi connectivity index (χ2n) is 2.97. The molecule has 1 heterocycles. The lowest BCUT2D eigenvalue weighted by Crippen LogP contribution is -1.97. The van der Waals surface area contributed by atoms with Gasteiger partial charge in [0.2, 0.25) is 14.0 Å². The van der Waals surface area contributed by atoms with Crippen molar-refractivity contribution in [3.05, 3.63) is 29.3 Å². The highest BCUT2D eigenvalue weighted by atomic mass is 33.1. The van der Waals surface area contributed by atoms with Crippen molar-refractivity contribution in [2.45, 2.75) is 18.2 Å². The highest BCUT2D eigenvalue weighted by Gasteiger charge is 2.36. The van der Waals surface area contributed by atoms with Crippen molar-refractivity contribution in [2.24, 2.45) is 0 Å². The summed E-state index contributed by atoms with van der Waals surface area (Å²) in [4.78, 5) is 11.6. The van der Waals surface area contributed by atoms with Crippen LogP contribution in [0.5, 0.6) is 0 Å². The Morgan fingerprint density at radius 1 is 1.36 bits per heavy atom. The number of rotatable bonds is 1. The van der Waals surface area contributed by atoms with Crippen LogP contribution in [0.1, 0.15) is 22.8 Å². The smallest absolute Gasteiger partial charge is 0.238 e. The van der Waals surface area contributed by atoms with E-state index in [1.54, 1.807) is 18.2 Å². The summed E-state index contributed by atoms with van der Waals surface area (Å²) in [5, 5.41) is -0.365. The Bertz CT molecular complexity index is 503. The van der Waals surface area contributed by atoms with E-state index in [0.29, 0.717) is 22.8 Å². The third kappa shape index (κ3) is 1.27. The zero-order valence-corrected chi connectivity index (χ0v) is 9.11. The summed E-state index contributed by atoms with van der Waals surface area (Å²) >= 11 is 0. The Balaban J connectivity index is 2.82. The lowest BCUT2D eigenvalue weighted by molar-refractivity contribution is 0.108. The molecule has 0 saturated heterocycles. The minimum Gasteiger partial charge on any atom is -0.280 e. The van der Waals surface area contributed by atoms with Crippen molar-refractivity contribution in [3.8, 4) is 0 Å². The molecule has 0 radical (unpaired) electrons. The molecular weight excluding hydrogens is 220 g/mol. The van der Waals surface area contributed by atoms with Gasteiger partial charge in [-0.1, -0.05) is 19.1 Å². The van der Waals surface area contributed by atoms with E-state index in [-0.39, 0.29) is 10.0 Å². The van der Waals surface area contributed by atoms with Crippen LogP contribution < -0.4 is 0 Å². The first-order valence-electron chi connectivity index (χ1n) is 4.17. The van der Waals surface area contributed by atoms with Gasteiger partial charge in [-0.3, -0.25) is 4.79 Å². The van der Waals surface area contributed by atoms with Gasteiger partial charge < -0.3 is 0 Å². The van der Waals surface area contributed by atoms with Crippen molar-refractivity contribution in [1.29, 1.82) is 0 Å². The molecule has 5 heteroatoms. The van der Waals surface area contributed by atoms with E-state index in [9.17, 15) is 13.2 Å². The van der Waals surface area contributed by atoms with Gasteiger partial charge in [0, 0.05) is 5.56 Å². The molecular formula is C9H8O3S2. The Kier molecular flexibility index (Phi) is 2.16. The van der Waals surface area contributed by atoms with Gasteiger partial charge in [-0.2, -0.15) is 0 Å². The highest BCUT2D eigenvalue weighted by Crippen LogP contribution is 2.39. The summed E-state index contributed by atoms with van der Waals surface area (Å²) in [7, 11) is -3.02. The highest BCUT2D eigenvalue weighted by molar-refractivity contribution is 8.78. The second-order valence-corrected chi connectivity index (χ2v) is 6.64. The number of benzene rings is 1. The van der Waals surface area contributed by atoms with Gasteiger partial charge in [0.15, 0.2) is 0 Å². The van der Waals surface area contributed by atoms with Gasteiger partial charge in [-0.05, 0) is 18.1 Å². The Labute approximate surface area is 85.8 Å². The quantitative estimate of drug-likeness (QED) is 0.688. The monoisotopic (exact) mass is 228 g/mol. The van der Waals surface area contributed by atoms with E-state index in [1.807, 2.05) is 6.92 Å². The van der Waals surface area contributed by atoms with Crippen LogP contribution in [0.4, 0.5) is 0 Å². The van der Waals surface area contributed by atoms with Crippen molar-refractivity contribution in [2.75, 3.05) is 0 Å². The van der Waals surface area contributed by atoms with E-state index >= 15 is 0 Å². The summed E-state index contributed by atoms with van der Waals surface area (Å²) in [5.74, 6) is 0. The minimum absolute atomic E-state index is 0.220. The lowest BCUT2D eigenvalue weighted by atomic mass is 10.1. The first-order valence-corrected chi connectivity index (χ1v) is 6.98. The van der Waals surface area contributed by atoms with Crippen LogP contribution in [0.25, 0.3) is 0 Å². The lowest BCUT2D eigenvalue weighted by Gasteiger charge is -2.02. The molecule has 1 aromatic carbocycles. The van der Waals surface area contributed by atoms with E-state index in [4.69, 9.17) is 0 Å². The SMILES string of the molecule is CCc1cccc2c1S(=O)(=O)SC2=O. The third-order valence-corrected chi connectivity index (χ3v) is 5.32. The van der Waals surface area contributed by atoms with Gasteiger partial charge in [0.05, 0.1) is 15.7 Å². The zero-order chi connectivity index (χ0) is 10.3. The molecule has 14 heavy (non-hydrogen) atoms. The van der Waals surface area contributed by atoms with Crippen LogP contribution in [0, 0.1) is 0 Å². The molecule has 0 atom stereocenters. The average Bonchev–Trinajstić information content (AvgIpc) is 2.38. The van der Waals surface area contributed by atoms with E-state index in [1.165, 1.54) is 0 Å². The van der Waals surface area contributed by atoms with Crippen LogP contribution in [0.2, 0.25) is 0 Å². The molecule has 0 bridgehead atoms. The van der Waals surface area contributed by atoms with Gasteiger partial charge in [-0.15, -0.1) is 0 Å².